The van der Waals surface area contributed by atoms with E-state index in [1.54, 1.807) is 11.8 Å². The lowest BCUT2D eigenvalue weighted by atomic mass is 10.3. The second-order valence-electron chi connectivity index (χ2n) is 3.09. The fourth-order valence-corrected chi connectivity index (χ4v) is 2.14. The predicted molar refractivity (Wildman–Crippen MR) is 65.3 cm³/mol. The van der Waals surface area contributed by atoms with E-state index in [9.17, 15) is 0 Å². The van der Waals surface area contributed by atoms with Gasteiger partial charge in [-0.1, -0.05) is 35.9 Å². The highest BCUT2D eigenvalue weighted by Gasteiger charge is 1.96. The molecule has 1 aromatic carbocycles. The minimum atomic E-state index is 0.545. The van der Waals surface area contributed by atoms with E-state index in [0.717, 1.165) is 5.75 Å². The Morgan fingerprint density at radius 3 is 2.53 bits per heavy atom. The minimum absolute atomic E-state index is 0.545. The van der Waals surface area contributed by atoms with Crippen molar-refractivity contribution in [1.29, 1.82) is 0 Å². The molecule has 2 aromatic rings. The number of hydrogen-bond donors (Lipinski definition) is 0. The third kappa shape index (κ3) is 3.26. The van der Waals surface area contributed by atoms with Crippen molar-refractivity contribution in [2.45, 2.75) is 10.6 Å². The number of pyridine rings is 1. The Kier molecular flexibility index (Phi) is 3.64. The largest absolute Gasteiger partial charge is 0.244 e. The highest BCUT2D eigenvalue weighted by molar-refractivity contribution is 7.98. The van der Waals surface area contributed by atoms with E-state index in [1.807, 2.05) is 36.5 Å². The van der Waals surface area contributed by atoms with Gasteiger partial charge in [0.1, 0.15) is 5.15 Å². The number of rotatable bonds is 3. The van der Waals surface area contributed by atoms with E-state index in [0.29, 0.717) is 5.15 Å². The van der Waals surface area contributed by atoms with E-state index in [2.05, 4.69) is 17.1 Å². The van der Waals surface area contributed by atoms with Crippen molar-refractivity contribution in [2.75, 3.05) is 0 Å². The quantitative estimate of drug-likeness (QED) is 0.589. The highest BCUT2D eigenvalue weighted by atomic mass is 35.5. The van der Waals surface area contributed by atoms with Gasteiger partial charge < -0.3 is 0 Å². The van der Waals surface area contributed by atoms with Crippen molar-refractivity contribution >= 4 is 23.4 Å². The average Bonchev–Trinajstić information content (AvgIpc) is 2.30. The van der Waals surface area contributed by atoms with Gasteiger partial charge in [-0.15, -0.1) is 11.8 Å². The summed E-state index contributed by atoms with van der Waals surface area (Å²) in [7, 11) is 0. The van der Waals surface area contributed by atoms with Gasteiger partial charge in [-0.2, -0.15) is 0 Å². The van der Waals surface area contributed by atoms with Crippen LogP contribution in [0.25, 0.3) is 0 Å². The van der Waals surface area contributed by atoms with Crippen molar-refractivity contribution in [3.63, 3.8) is 0 Å². The second-order valence-corrected chi connectivity index (χ2v) is 4.53. The van der Waals surface area contributed by atoms with Crippen LogP contribution in [-0.2, 0) is 5.75 Å². The molecule has 0 bridgehead atoms. The minimum Gasteiger partial charge on any atom is -0.244 e. The first kappa shape index (κ1) is 10.5. The van der Waals surface area contributed by atoms with Crippen LogP contribution in [0.1, 0.15) is 5.56 Å². The van der Waals surface area contributed by atoms with Gasteiger partial charge in [-0.25, -0.2) is 4.98 Å². The maximum Gasteiger partial charge on any atom is 0.129 e. The zero-order valence-electron chi connectivity index (χ0n) is 8.06. The third-order valence-corrected chi connectivity index (χ3v) is 3.24. The molecule has 0 atom stereocenters. The van der Waals surface area contributed by atoms with Crippen LogP contribution in [0.15, 0.2) is 53.6 Å². The highest BCUT2D eigenvalue weighted by Crippen LogP contribution is 2.22. The van der Waals surface area contributed by atoms with E-state index in [4.69, 9.17) is 11.6 Å². The molecule has 0 spiro atoms. The van der Waals surface area contributed by atoms with Crippen LogP contribution in [0, 0.1) is 0 Å². The van der Waals surface area contributed by atoms with E-state index < -0.39 is 0 Å². The summed E-state index contributed by atoms with van der Waals surface area (Å²) in [5, 5.41) is 0.545. The Bertz CT molecular complexity index is 413. The lowest BCUT2D eigenvalue weighted by Crippen LogP contribution is -1.82. The van der Waals surface area contributed by atoms with Gasteiger partial charge in [0.15, 0.2) is 0 Å². The van der Waals surface area contributed by atoms with Crippen LogP contribution in [-0.4, -0.2) is 4.98 Å². The average molecular weight is 236 g/mol. The van der Waals surface area contributed by atoms with E-state index >= 15 is 0 Å². The molecule has 0 N–H and O–H groups in total. The molecule has 15 heavy (non-hydrogen) atoms. The Balaban J connectivity index is 1.96. The number of nitrogens with zero attached hydrogens (tertiary/aromatic N) is 1. The molecule has 1 aromatic heterocycles. The Morgan fingerprint density at radius 2 is 1.87 bits per heavy atom. The molecule has 0 radical (unpaired) electrons. The Hall–Kier alpha value is -0.990. The third-order valence-electron chi connectivity index (χ3n) is 1.94. The molecule has 0 fully saturated rings. The van der Waals surface area contributed by atoms with Crippen molar-refractivity contribution in [1.82, 2.24) is 4.98 Å². The standard InChI is InChI=1S/C12H10ClNS/c13-12-7-6-10(8-14-12)9-15-11-4-2-1-3-5-11/h1-8H,9H2. The van der Waals surface area contributed by atoms with Crippen LogP contribution >= 0.6 is 23.4 Å². The first-order valence-corrected chi connectivity index (χ1v) is 5.99. The van der Waals surface area contributed by atoms with Crippen LogP contribution in [0.3, 0.4) is 0 Å². The summed E-state index contributed by atoms with van der Waals surface area (Å²) in [5.74, 6) is 0.925. The molecule has 0 unspecified atom stereocenters. The van der Waals surface area contributed by atoms with Crippen molar-refractivity contribution in [3.05, 3.63) is 59.4 Å². The van der Waals surface area contributed by atoms with Crippen LogP contribution < -0.4 is 0 Å². The van der Waals surface area contributed by atoms with Gasteiger partial charge in [0.25, 0.3) is 0 Å². The molecule has 1 heterocycles. The molecule has 2 rings (SSSR count). The molecular formula is C12H10ClNS. The van der Waals surface area contributed by atoms with E-state index in [-0.39, 0.29) is 0 Å². The van der Waals surface area contributed by atoms with Gasteiger partial charge in [0.05, 0.1) is 0 Å². The summed E-state index contributed by atoms with van der Waals surface area (Å²) in [4.78, 5) is 5.31. The smallest absolute Gasteiger partial charge is 0.129 e. The summed E-state index contributed by atoms with van der Waals surface area (Å²) in [6, 6.07) is 14.1. The number of benzene rings is 1. The summed E-state index contributed by atoms with van der Waals surface area (Å²) in [6.45, 7) is 0. The van der Waals surface area contributed by atoms with E-state index in [1.165, 1.54) is 10.5 Å². The molecule has 0 aliphatic heterocycles. The lowest BCUT2D eigenvalue weighted by Gasteiger charge is -2.01. The molecule has 0 aliphatic rings. The molecule has 76 valence electrons. The van der Waals surface area contributed by atoms with Gasteiger partial charge in [0, 0.05) is 16.8 Å². The summed E-state index contributed by atoms with van der Waals surface area (Å²) < 4.78 is 0. The Morgan fingerprint density at radius 1 is 1.07 bits per heavy atom. The maximum absolute atomic E-state index is 5.71. The van der Waals surface area contributed by atoms with Crippen molar-refractivity contribution in [3.8, 4) is 0 Å². The Labute approximate surface area is 98.5 Å². The SMILES string of the molecule is Clc1ccc(CSc2ccccc2)cn1. The maximum atomic E-state index is 5.71. The molecule has 0 aliphatic carbocycles. The number of hydrogen-bond acceptors (Lipinski definition) is 2. The normalized spacial score (nSPS) is 10.2. The first-order chi connectivity index (χ1) is 7.34. The first-order valence-electron chi connectivity index (χ1n) is 4.63. The summed E-state index contributed by atoms with van der Waals surface area (Å²) >= 11 is 7.51. The molecule has 3 heteroatoms. The summed E-state index contributed by atoms with van der Waals surface area (Å²) in [5.41, 5.74) is 1.19. The van der Waals surface area contributed by atoms with Gasteiger partial charge in [-0.3, -0.25) is 0 Å². The molecule has 0 saturated heterocycles. The zero-order chi connectivity index (χ0) is 10.5. The summed E-state index contributed by atoms with van der Waals surface area (Å²) in [6.07, 6.45) is 1.82. The topological polar surface area (TPSA) is 12.9 Å². The number of thioether (sulfide) groups is 1. The molecule has 1 nitrogen and oxygen atoms in total. The van der Waals surface area contributed by atoms with Gasteiger partial charge in [-0.05, 0) is 23.8 Å². The number of aromatic nitrogens is 1. The van der Waals surface area contributed by atoms with Gasteiger partial charge in [0.2, 0.25) is 0 Å². The monoisotopic (exact) mass is 235 g/mol. The molecule has 0 amide bonds. The fraction of sp³-hybridized carbons (Fsp3) is 0.0833. The van der Waals surface area contributed by atoms with Gasteiger partial charge >= 0.3 is 0 Å². The number of halogens is 1. The van der Waals surface area contributed by atoms with Crippen LogP contribution in [0.4, 0.5) is 0 Å². The zero-order valence-corrected chi connectivity index (χ0v) is 9.63. The van der Waals surface area contributed by atoms with Crippen molar-refractivity contribution < 1.29 is 0 Å². The second kappa shape index (κ2) is 5.19. The van der Waals surface area contributed by atoms with Crippen LogP contribution in [0.5, 0.6) is 0 Å². The van der Waals surface area contributed by atoms with Crippen LogP contribution in [0.2, 0.25) is 5.15 Å². The predicted octanol–water partition coefficient (Wildman–Crippen LogP) is 4.03. The molecular weight excluding hydrogens is 226 g/mol. The van der Waals surface area contributed by atoms with Crippen molar-refractivity contribution in [2.24, 2.45) is 0 Å². The molecule has 0 saturated carbocycles. The fourth-order valence-electron chi connectivity index (χ4n) is 1.18. The lowest BCUT2D eigenvalue weighted by molar-refractivity contribution is 1.25.